The minimum absolute atomic E-state index is 0.0925. The van der Waals surface area contributed by atoms with Crippen LogP contribution in [0.3, 0.4) is 0 Å². The molecule has 0 fully saturated rings. The van der Waals surface area contributed by atoms with Crippen molar-refractivity contribution in [3.05, 3.63) is 104 Å². The lowest BCUT2D eigenvalue weighted by Gasteiger charge is -2.20. The molecule has 1 aromatic heterocycles. The number of nitrogens with zero attached hydrogens (tertiary/aromatic N) is 1. The fourth-order valence-corrected chi connectivity index (χ4v) is 3.58. The third kappa shape index (κ3) is 6.29. The van der Waals surface area contributed by atoms with Crippen LogP contribution in [0.15, 0.2) is 71.5 Å². The molecular formula is C25H28ClN3O2. The zero-order chi connectivity index (χ0) is 22.2. The molecule has 162 valence electrons. The third-order valence-electron chi connectivity index (χ3n) is 5.16. The first-order chi connectivity index (χ1) is 15.0. The monoisotopic (exact) mass is 437 g/mol. The maximum Gasteiger partial charge on any atom is 0.261 e. The second kappa shape index (κ2) is 10.9. The van der Waals surface area contributed by atoms with Gasteiger partial charge in [-0.2, -0.15) is 0 Å². The average Bonchev–Trinajstić information content (AvgIpc) is 2.77. The highest BCUT2D eigenvalue weighted by molar-refractivity contribution is 6.30. The van der Waals surface area contributed by atoms with E-state index in [1.54, 1.807) is 24.3 Å². The second-order valence-electron chi connectivity index (χ2n) is 7.69. The molecule has 0 bridgehead atoms. The van der Waals surface area contributed by atoms with E-state index in [9.17, 15) is 9.59 Å². The summed E-state index contributed by atoms with van der Waals surface area (Å²) in [6.45, 7) is 3.74. The van der Waals surface area contributed by atoms with Crippen LogP contribution >= 0.6 is 11.6 Å². The first-order valence-corrected chi connectivity index (χ1v) is 10.9. The van der Waals surface area contributed by atoms with Gasteiger partial charge in [0, 0.05) is 17.3 Å². The van der Waals surface area contributed by atoms with Gasteiger partial charge in [-0.05, 0) is 55.4 Å². The molecule has 0 aliphatic carbocycles. The number of nitrogens with one attached hydrogen (secondary N) is 2. The van der Waals surface area contributed by atoms with Gasteiger partial charge in [0.05, 0.1) is 6.04 Å². The molecule has 0 radical (unpaired) electrons. The molecule has 0 aliphatic rings. The number of hydrogen-bond donors (Lipinski definition) is 2. The Kier molecular flexibility index (Phi) is 8.04. The summed E-state index contributed by atoms with van der Waals surface area (Å²) in [5.74, 6) is -0.420. The number of rotatable bonds is 9. The molecule has 31 heavy (non-hydrogen) atoms. The van der Waals surface area contributed by atoms with Crippen molar-refractivity contribution in [2.75, 3.05) is 13.6 Å². The van der Waals surface area contributed by atoms with Crippen molar-refractivity contribution in [3.8, 4) is 0 Å². The Morgan fingerprint density at radius 3 is 2.35 bits per heavy atom. The summed E-state index contributed by atoms with van der Waals surface area (Å²) in [4.78, 5) is 30.6. The van der Waals surface area contributed by atoms with E-state index in [0.717, 1.165) is 36.2 Å². The van der Waals surface area contributed by atoms with Gasteiger partial charge in [0.2, 0.25) is 0 Å². The van der Waals surface area contributed by atoms with Crippen LogP contribution in [0.1, 0.15) is 53.0 Å². The van der Waals surface area contributed by atoms with Crippen molar-refractivity contribution >= 4 is 17.5 Å². The predicted octanol–water partition coefficient (Wildman–Crippen LogP) is 4.78. The second-order valence-corrected chi connectivity index (χ2v) is 8.12. The lowest BCUT2D eigenvalue weighted by Crippen LogP contribution is -2.34. The van der Waals surface area contributed by atoms with E-state index in [4.69, 9.17) is 11.6 Å². The largest absolute Gasteiger partial charge is 0.341 e. The first-order valence-electron chi connectivity index (χ1n) is 10.5. The number of benzene rings is 2. The molecular weight excluding hydrogens is 410 g/mol. The van der Waals surface area contributed by atoms with E-state index in [1.165, 1.54) is 0 Å². The number of carbonyl (C=O) groups is 1. The quantitative estimate of drug-likeness (QED) is 0.506. The van der Waals surface area contributed by atoms with E-state index >= 15 is 0 Å². The maximum absolute atomic E-state index is 13.0. The highest BCUT2D eigenvalue weighted by atomic mass is 35.5. The molecule has 1 unspecified atom stereocenters. The number of aromatic nitrogens is 1. The van der Waals surface area contributed by atoms with Crippen LogP contribution in [-0.4, -0.2) is 29.4 Å². The molecule has 0 aliphatic heterocycles. The van der Waals surface area contributed by atoms with Crippen LogP contribution in [0.4, 0.5) is 0 Å². The lowest BCUT2D eigenvalue weighted by atomic mass is 9.98. The summed E-state index contributed by atoms with van der Waals surface area (Å²) in [5, 5.41) is 3.62. The number of amides is 1. The number of pyridine rings is 1. The molecule has 0 spiro atoms. The Hall–Kier alpha value is -2.89. The highest BCUT2D eigenvalue weighted by Gasteiger charge is 2.20. The maximum atomic E-state index is 13.0. The number of halogens is 1. The Balaban J connectivity index is 1.80. The fourth-order valence-electron chi connectivity index (χ4n) is 3.45. The van der Waals surface area contributed by atoms with Crippen LogP contribution in [0, 0.1) is 0 Å². The minimum Gasteiger partial charge on any atom is -0.341 e. The molecule has 3 aromatic rings. The zero-order valence-electron chi connectivity index (χ0n) is 17.9. The van der Waals surface area contributed by atoms with Crippen molar-refractivity contribution in [2.24, 2.45) is 0 Å². The van der Waals surface area contributed by atoms with Crippen LogP contribution in [0.25, 0.3) is 0 Å². The van der Waals surface area contributed by atoms with Gasteiger partial charge < -0.3 is 15.2 Å². The Labute approximate surface area is 188 Å². The number of unbranched alkanes of at least 4 members (excludes halogenated alkanes) is 1. The third-order valence-corrected chi connectivity index (χ3v) is 5.41. The Morgan fingerprint density at radius 2 is 1.71 bits per heavy atom. The van der Waals surface area contributed by atoms with Crippen molar-refractivity contribution in [1.82, 2.24) is 15.2 Å². The number of aromatic amines is 1. The van der Waals surface area contributed by atoms with Gasteiger partial charge in [0.15, 0.2) is 0 Å². The first kappa shape index (κ1) is 22.8. The van der Waals surface area contributed by atoms with Gasteiger partial charge >= 0.3 is 0 Å². The van der Waals surface area contributed by atoms with Crippen LogP contribution in [-0.2, 0) is 6.54 Å². The number of hydrogen-bond acceptors (Lipinski definition) is 3. The topological polar surface area (TPSA) is 65.2 Å². The lowest BCUT2D eigenvalue weighted by molar-refractivity contribution is 0.0941. The normalized spacial score (nSPS) is 12.0. The fraction of sp³-hybridized carbons (Fsp3) is 0.280. The van der Waals surface area contributed by atoms with Crippen molar-refractivity contribution in [1.29, 1.82) is 0 Å². The Bertz CT molecular complexity index is 1050. The summed E-state index contributed by atoms with van der Waals surface area (Å²) in [7, 11) is 2.02. The molecule has 3 rings (SSSR count). The standard InChI is InChI=1S/C25H28ClN3O2/c1-3-4-16-29(2)17-21-14-15-22(24(30)27-21)25(31)28-23(18-8-6-5-7-9-18)19-10-12-20(26)13-11-19/h5-15,23H,3-4,16-17H2,1-2H3,(H,27,30)(H,28,31). The SMILES string of the molecule is CCCCN(C)Cc1ccc(C(=O)NC(c2ccccc2)c2ccc(Cl)cc2)c(=O)[nH]1. The molecule has 0 saturated carbocycles. The van der Waals surface area contributed by atoms with Gasteiger partial charge in [-0.15, -0.1) is 0 Å². The number of H-pyrrole nitrogens is 1. The van der Waals surface area contributed by atoms with Crippen molar-refractivity contribution < 1.29 is 4.79 Å². The molecule has 0 saturated heterocycles. The van der Waals surface area contributed by atoms with Crippen molar-refractivity contribution in [3.63, 3.8) is 0 Å². The zero-order valence-corrected chi connectivity index (χ0v) is 18.7. The summed E-state index contributed by atoms with van der Waals surface area (Å²) in [6, 6.07) is 20.0. The smallest absolute Gasteiger partial charge is 0.261 e. The summed E-state index contributed by atoms with van der Waals surface area (Å²) in [5.41, 5.74) is 2.30. The average molecular weight is 438 g/mol. The van der Waals surface area contributed by atoms with E-state index < -0.39 is 11.9 Å². The van der Waals surface area contributed by atoms with Gasteiger partial charge in [-0.3, -0.25) is 9.59 Å². The molecule has 1 amide bonds. The van der Waals surface area contributed by atoms with Gasteiger partial charge in [-0.25, -0.2) is 0 Å². The summed E-state index contributed by atoms with van der Waals surface area (Å²) in [6.07, 6.45) is 2.23. The summed E-state index contributed by atoms with van der Waals surface area (Å²) < 4.78 is 0. The summed E-state index contributed by atoms with van der Waals surface area (Å²) >= 11 is 6.03. The van der Waals surface area contributed by atoms with Crippen LogP contribution in [0.5, 0.6) is 0 Å². The van der Waals surface area contributed by atoms with E-state index in [1.807, 2.05) is 49.5 Å². The van der Waals surface area contributed by atoms with E-state index in [-0.39, 0.29) is 11.1 Å². The number of carbonyl (C=O) groups excluding carboxylic acids is 1. The van der Waals surface area contributed by atoms with Gasteiger partial charge in [-0.1, -0.05) is 67.4 Å². The van der Waals surface area contributed by atoms with Gasteiger partial charge in [0.1, 0.15) is 5.56 Å². The molecule has 1 heterocycles. The van der Waals surface area contributed by atoms with Crippen LogP contribution in [0.2, 0.25) is 5.02 Å². The predicted molar refractivity (Wildman–Crippen MR) is 126 cm³/mol. The molecule has 5 nitrogen and oxygen atoms in total. The molecule has 1 atom stereocenters. The van der Waals surface area contributed by atoms with Gasteiger partial charge in [0.25, 0.3) is 11.5 Å². The van der Waals surface area contributed by atoms with Crippen LogP contribution < -0.4 is 10.9 Å². The molecule has 2 N–H and O–H groups in total. The Morgan fingerprint density at radius 1 is 1.03 bits per heavy atom. The van der Waals surface area contributed by atoms with E-state index in [0.29, 0.717) is 11.6 Å². The molecule has 2 aromatic carbocycles. The molecule has 6 heteroatoms. The highest BCUT2D eigenvalue weighted by Crippen LogP contribution is 2.24. The van der Waals surface area contributed by atoms with Crippen molar-refractivity contribution in [2.45, 2.75) is 32.4 Å². The van der Waals surface area contributed by atoms with E-state index in [2.05, 4.69) is 22.1 Å². The minimum atomic E-state index is -0.420.